The summed E-state index contributed by atoms with van der Waals surface area (Å²) in [5, 5.41) is 0. The van der Waals surface area contributed by atoms with E-state index in [1.807, 2.05) is 13.8 Å². The monoisotopic (exact) mass is 339 g/mol. The molecule has 2 rings (SSSR count). The molecule has 0 atom stereocenters. The number of hydrogen-bond acceptors (Lipinski definition) is 3. The van der Waals surface area contributed by atoms with Crippen LogP contribution in [-0.4, -0.2) is 23.8 Å². The first-order chi connectivity index (χ1) is 10.6. The van der Waals surface area contributed by atoms with Crippen molar-refractivity contribution in [2.24, 2.45) is 0 Å². The summed E-state index contributed by atoms with van der Waals surface area (Å²) in [5.41, 5.74) is 6.66. The Balaban J connectivity index is 2.37. The number of halogens is 1. The number of nitrogens with two attached hydrogens (primary N) is 1. The third-order valence-corrected chi connectivity index (χ3v) is 5.52. The lowest BCUT2D eigenvalue weighted by molar-refractivity contribution is 0.0870. The van der Waals surface area contributed by atoms with Gasteiger partial charge >= 0.3 is 5.69 Å². The molecule has 2 aromatic rings. The lowest BCUT2D eigenvalue weighted by atomic mass is 10.2. The van der Waals surface area contributed by atoms with Gasteiger partial charge in [-0.3, -0.25) is 9.13 Å². The lowest BCUT2D eigenvalue weighted by Crippen LogP contribution is -2.27. The van der Waals surface area contributed by atoms with Crippen molar-refractivity contribution in [2.75, 3.05) is 12.3 Å². The fraction of sp³-hybridized carbons (Fsp3) is 0.562. The third kappa shape index (κ3) is 3.84. The van der Waals surface area contributed by atoms with E-state index < -0.39 is 13.9 Å². The molecule has 0 fully saturated rings. The number of nitrogens with zero attached hydrogens (tertiary/aromatic N) is 2. The van der Waals surface area contributed by atoms with E-state index in [1.54, 1.807) is 4.57 Å². The van der Waals surface area contributed by atoms with Gasteiger partial charge in [0.25, 0.3) is 0 Å². The van der Waals surface area contributed by atoms with Crippen LogP contribution in [-0.2, 0) is 11.5 Å². The van der Waals surface area contributed by atoms with E-state index in [2.05, 4.69) is 19.6 Å². The molecule has 5 nitrogen and oxygen atoms in total. The number of fused-ring (bicyclic) bond motifs is 1. The van der Waals surface area contributed by atoms with Crippen LogP contribution in [0.1, 0.15) is 19.9 Å². The molecule has 0 radical (unpaired) electrons. The van der Waals surface area contributed by atoms with E-state index in [1.165, 1.54) is 16.7 Å². The summed E-state index contributed by atoms with van der Waals surface area (Å²) in [7, 11) is -1.19. The smallest absolute Gasteiger partial charge is 0.331 e. The normalized spacial score (nSPS) is 12.5. The Kier molecular flexibility index (Phi) is 5.00. The minimum atomic E-state index is -1.19. The van der Waals surface area contributed by atoms with Crippen molar-refractivity contribution in [2.45, 2.75) is 52.3 Å². The summed E-state index contributed by atoms with van der Waals surface area (Å²) in [5.74, 6) is -0.519. The van der Waals surface area contributed by atoms with Crippen LogP contribution >= 0.6 is 0 Å². The molecule has 128 valence electrons. The highest BCUT2D eigenvalue weighted by atomic mass is 28.3. The van der Waals surface area contributed by atoms with Crippen molar-refractivity contribution in [3.8, 4) is 0 Å². The van der Waals surface area contributed by atoms with Gasteiger partial charge < -0.3 is 10.5 Å². The minimum Gasteiger partial charge on any atom is -0.396 e. The van der Waals surface area contributed by atoms with Gasteiger partial charge in [0.05, 0.1) is 16.7 Å². The van der Waals surface area contributed by atoms with Gasteiger partial charge in [0.15, 0.2) is 0 Å². The molecule has 0 amide bonds. The maximum Gasteiger partial charge on any atom is 0.331 e. The number of hydrogen-bond donors (Lipinski definition) is 1. The second-order valence-electron chi connectivity index (χ2n) is 7.38. The second-order valence-corrected chi connectivity index (χ2v) is 13.0. The number of ether oxygens (including phenoxy) is 1. The van der Waals surface area contributed by atoms with Gasteiger partial charge in [-0.25, -0.2) is 9.18 Å². The lowest BCUT2D eigenvalue weighted by Gasteiger charge is -2.15. The third-order valence-electron chi connectivity index (χ3n) is 3.81. The van der Waals surface area contributed by atoms with Crippen LogP contribution in [0.4, 0.5) is 10.1 Å². The van der Waals surface area contributed by atoms with Crippen LogP contribution in [0, 0.1) is 5.82 Å². The van der Waals surface area contributed by atoms with Crippen molar-refractivity contribution in [1.82, 2.24) is 9.13 Å². The van der Waals surface area contributed by atoms with E-state index in [-0.39, 0.29) is 24.1 Å². The summed E-state index contributed by atoms with van der Waals surface area (Å²) in [4.78, 5) is 12.6. The summed E-state index contributed by atoms with van der Waals surface area (Å²) >= 11 is 0. The summed E-state index contributed by atoms with van der Waals surface area (Å²) in [6.07, 6.45) is 0. The zero-order chi connectivity index (χ0) is 17.4. The highest BCUT2D eigenvalue weighted by Gasteiger charge is 2.18. The Morgan fingerprint density at radius 2 is 1.91 bits per heavy atom. The van der Waals surface area contributed by atoms with Crippen molar-refractivity contribution in [1.29, 1.82) is 0 Å². The van der Waals surface area contributed by atoms with Gasteiger partial charge in [-0.2, -0.15) is 0 Å². The maximum absolute atomic E-state index is 13.8. The van der Waals surface area contributed by atoms with E-state index in [4.69, 9.17) is 10.5 Å². The number of rotatable bonds is 6. The minimum absolute atomic E-state index is 0.0434. The van der Waals surface area contributed by atoms with Crippen LogP contribution in [0.5, 0.6) is 0 Å². The number of imidazole rings is 1. The van der Waals surface area contributed by atoms with Crippen LogP contribution < -0.4 is 11.4 Å². The average molecular weight is 339 g/mol. The molecule has 0 saturated carbocycles. The van der Waals surface area contributed by atoms with Gasteiger partial charge in [0.1, 0.15) is 12.5 Å². The van der Waals surface area contributed by atoms with Crippen LogP contribution in [0.15, 0.2) is 16.9 Å². The molecule has 0 aliphatic heterocycles. The first kappa shape index (κ1) is 17.7. The molecule has 0 unspecified atom stereocenters. The molecule has 2 N–H and O–H groups in total. The molecule has 1 aromatic heterocycles. The van der Waals surface area contributed by atoms with Crippen molar-refractivity contribution in [3.05, 3.63) is 28.4 Å². The van der Waals surface area contributed by atoms with Gasteiger partial charge in [0.2, 0.25) is 0 Å². The van der Waals surface area contributed by atoms with E-state index in [9.17, 15) is 9.18 Å². The fourth-order valence-corrected chi connectivity index (χ4v) is 3.23. The predicted octanol–water partition coefficient (Wildman–Crippen LogP) is 3.42. The Morgan fingerprint density at radius 1 is 1.26 bits per heavy atom. The largest absolute Gasteiger partial charge is 0.396 e. The standard InChI is InChI=1S/C16H26FN3O2Si/c1-11(2)20-15-9-13(18)12(17)8-14(15)19(16(20)21)10-22-6-7-23(3,4)5/h8-9,11H,6-7,10,18H2,1-5H3. The molecule has 1 heterocycles. The molecule has 0 bridgehead atoms. The molecule has 1 aromatic carbocycles. The molecule has 0 aliphatic carbocycles. The first-order valence-electron chi connectivity index (χ1n) is 7.89. The maximum atomic E-state index is 13.8. The molecule has 7 heteroatoms. The van der Waals surface area contributed by atoms with Gasteiger partial charge in [-0.15, -0.1) is 0 Å². The Morgan fingerprint density at radius 3 is 2.48 bits per heavy atom. The number of nitrogen functional groups attached to an aromatic ring is 1. The quantitative estimate of drug-likeness (QED) is 0.498. The highest BCUT2D eigenvalue weighted by Crippen LogP contribution is 2.23. The summed E-state index contributed by atoms with van der Waals surface area (Å²) < 4.78 is 22.6. The fourth-order valence-electron chi connectivity index (χ4n) is 2.47. The van der Waals surface area contributed by atoms with Crippen LogP contribution in [0.25, 0.3) is 11.0 Å². The van der Waals surface area contributed by atoms with Gasteiger partial charge in [-0.1, -0.05) is 19.6 Å². The van der Waals surface area contributed by atoms with Crippen molar-refractivity contribution >= 4 is 24.8 Å². The Bertz CT molecular complexity index is 759. The van der Waals surface area contributed by atoms with Crippen molar-refractivity contribution < 1.29 is 9.13 Å². The van der Waals surface area contributed by atoms with E-state index >= 15 is 0 Å². The predicted molar refractivity (Wildman–Crippen MR) is 95.1 cm³/mol. The van der Waals surface area contributed by atoms with E-state index in [0.717, 1.165) is 6.04 Å². The Hall–Kier alpha value is -1.60. The molecule has 0 spiro atoms. The Labute approximate surface area is 136 Å². The summed E-state index contributed by atoms with van der Waals surface area (Å²) in [6.45, 7) is 11.4. The van der Waals surface area contributed by atoms with E-state index in [0.29, 0.717) is 17.6 Å². The van der Waals surface area contributed by atoms with Crippen molar-refractivity contribution in [3.63, 3.8) is 0 Å². The highest BCUT2D eigenvalue weighted by molar-refractivity contribution is 6.76. The zero-order valence-corrected chi connectivity index (χ0v) is 15.5. The van der Waals surface area contributed by atoms with Crippen LogP contribution in [0.2, 0.25) is 25.7 Å². The van der Waals surface area contributed by atoms with Crippen LogP contribution in [0.3, 0.4) is 0 Å². The number of benzene rings is 1. The second kappa shape index (κ2) is 6.49. The zero-order valence-electron chi connectivity index (χ0n) is 14.5. The number of anilines is 1. The van der Waals surface area contributed by atoms with Gasteiger partial charge in [-0.05, 0) is 26.0 Å². The molecular weight excluding hydrogens is 313 g/mol. The van der Waals surface area contributed by atoms with Gasteiger partial charge in [0, 0.05) is 26.8 Å². The first-order valence-corrected chi connectivity index (χ1v) is 11.6. The topological polar surface area (TPSA) is 62.2 Å². The molecule has 0 saturated heterocycles. The number of aromatic nitrogens is 2. The average Bonchev–Trinajstić information content (AvgIpc) is 2.66. The SMILES string of the molecule is CC(C)n1c(=O)n(COCC[Si](C)(C)C)c2cc(F)c(N)cc21. The molecule has 23 heavy (non-hydrogen) atoms. The summed E-state index contributed by atoms with van der Waals surface area (Å²) in [6, 6.07) is 3.81. The molecule has 0 aliphatic rings. The molecular formula is C16H26FN3O2Si.